The van der Waals surface area contributed by atoms with Crippen LogP contribution in [0, 0.1) is 0 Å². The quantitative estimate of drug-likeness (QED) is 0.348. The monoisotopic (exact) mass is 519 g/mol. The third-order valence-corrected chi connectivity index (χ3v) is 6.06. The number of benzene rings is 1. The van der Waals surface area contributed by atoms with Gasteiger partial charge in [-0.3, -0.25) is 9.67 Å². The molecule has 0 atom stereocenters. The third kappa shape index (κ3) is 6.77. The second-order valence-electron chi connectivity index (χ2n) is 7.39. The highest BCUT2D eigenvalue weighted by molar-refractivity contribution is 14.0. The first-order valence-electron chi connectivity index (χ1n) is 8.88. The zero-order chi connectivity index (χ0) is 20.1. The topological polar surface area (TPSA) is 88.4 Å². The smallest absolute Gasteiger partial charge is 0.191 e. The summed E-state index contributed by atoms with van der Waals surface area (Å²) in [4.78, 5) is 4.46. The molecule has 7 nitrogen and oxygen atoms in total. The number of aliphatic imine (C=N–C) groups is 1. The molecule has 0 saturated heterocycles. The SMILES string of the molecule is CN=C(NCCS(=O)(=O)c1ccc(C(C)(C)C)cc1)NCc1ccnn1C.I. The number of hydrogen-bond donors (Lipinski definition) is 2. The van der Waals surface area contributed by atoms with E-state index in [0.29, 0.717) is 17.4 Å². The van der Waals surface area contributed by atoms with Crippen LogP contribution < -0.4 is 10.6 Å². The van der Waals surface area contributed by atoms with Crippen LogP contribution in [-0.2, 0) is 28.8 Å². The van der Waals surface area contributed by atoms with E-state index >= 15 is 0 Å². The lowest BCUT2D eigenvalue weighted by Crippen LogP contribution is -2.39. The van der Waals surface area contributed by atoms with Crippen molar-refractivity contribution in [3.05, 3.63) is 47.8 Å². The van der Waals surface area contributed by atoms with E-state index < -0.39 is 9.84 Å². The average molecular weight is 519 g/mol. The molecule has 2 N–H and O–H groups in total. The molecule has 28 heavy (non-hydrogen) atoms. The highest BCUT2D eigenvalue weighted by Gasteiger charge is 2.17. The number of aromatic nitrogens is 2. The predicted octanol–water partition coefficient (Wildman–Crippen LogP) is 2.47. The molecule has 0 aliphatic carbocycles. The minimum atomic E-state index is -3.35. The van der Waals surface area contributed by atoms with Crippen LogP contribution in [0.3, 0.4) is 0 Å². The minimum absolute atomic E-state index is 0. The summed E-state index contributed by atoms with van der Waals surface area (Å²) >= 11 is 0. The second-order valence-corrected chi connectivity index (χ2v) is 9.50. The Bertz CT molecular complexity index is 884. The number of nitrogens with zero attached hydrogens (tertiary/aromatic N) is 3. The number of nitrogens with one attached hydrogen (secondary N) is 2. The summed E-state index contributed by atoms with van der Waals surface area (Å²) in [5, 5.41) is 10.3. The van der Waals surface area contributed by atoms with E-state index in [9.17, 15) is 8.42 Å². The lowest BCUT2D eigenvalue weighted by molar-refractivity contribution is 0.586. The van der Waals surface area contributed by atoms with Crippen molar-refractivity contribution in [3.63, 3.8) is 0 Å². The van der Waals surface area contributed by atoms with Crippen LogP contribution in [0.25, 0.3) is 0 Å². The van der Waals surface area contributed by atoms with Gasteiger partial charge in [0.05, 0.1) is 22.9 Å². The molecular formula is C19H30IN5O2S. The molecule has 2 aromatic rings. The van der Waals surface area contributed by atoms with Crippen LogP contribution in [0.2, 0.25) is 0 Å². The van der Waals surface area contributed by atoms with Crippen LogP contribution in [0.4, 0.5) is 0 Å². The fraction of sp³-hybridized carbons (Fsp3) is 0.474. The average Bonchev–Trinajstić information content (AvgIpc) is 3.02. The van der Waals surface area contributed by atoms with E-state index in [1.807, 2.05) is 25.2 Å². The van der Waals surface area contributed by atoms with Gasteiger partial charge in [0.1, 0.15) is 0 Å². The van der Waals surface area contributed by atoms with Gasteiger partial charge in [-0.1, -0.05) is 32.9 Å². The van der Waals surface area contributed by atoms with E-state index in [-0.39, 0.29) is 41.7 Å². The van der Waals surface area contributed by atoms with E-state index in [1.165, 1.54) is 0 Å². The fourth-order valence-corrected chi connectivity index (χ4v) is 3.71. The zero-order valence-corrected chi connectivity index (χ0v) is 20.2. The van der Waals surface area contributed by atoms with Crippen LogP contribution in [0.15, 0.2) is 46.4 Å². The highest BCUT2D eigenvalue weighted by atomic mass is 127. The van der Waals surface area contributed by atoms with Crippen molar-refractivity contribution in [1.82, 2.24) is 20.4 Å². The number of aryl methyl sites for hydroxylation is 1. The standard InChI is InChI=1S/C19H29N5O2S.HI/c1-19(2,3)15-6-8-17(9-7-15)27(25,26)13-12-21-18(20-4)22-14-16-10-11-23-24(16)5;/h6-11H,12-14H2,1-5H3,(H2,20,21,22);1H. The number of guanidine groups is 1. The molecule has 9 heteroatoms. The maximum absolute atomic E-state index is 12.5. The Labute approximate surface area is 185 Å². The van der Waals surface area contributed by atoms with Crippen molar-refractivity contribution in [2.45, 2.75) is 37.6 Å². The zero-order valence-electron chi connectivity index (χ0n) is 17.1. The van der Waals surface area contributed by atoms with Gasteiger partial charge >= 0.3 is 0 Å². The molecule has 156 valence electrons. The fourth-order valence-electron chi connectivity index (χ4n) is 2.55. The maximum Gasteiger partial charge on any atom is 0.191 e. The molecule has 0 radical (unpaired) electrons. The Morgan fingerprint density at radius 2 is 1.79 bits per heavy atom. The normalized spacial score (nSPS) is 12.4. The first-order chi connectivity index (χ1) is 12.6. The first-order valence-corrected chi connectivity index (χ1v) is 10.5. The Hall–Kier alpha value is -1.62. The van der Waals surface area contributed by atoms with Gasteiger partial charge in [-0.15, -0.1) is 24.0 Å². The lowest BCUT2D eigenvalue weighted by atomic mass is 9.87. The lowest BCUT2D eigenvalue weighted by Gasteiger charge is -2.19. The summed E-state index contributed by atoms with van der Waals surface area (Å²) in [6.45, 7) is 7.13. The van der Waals surface area contributed by atoms with Crippen LogP contribution >= 0.6 is 24.0 Å². The van der Waals surface area contributed by atoms with Crippen LogP contribution in [0.1, 0.15) is 32.0 Å². The highest BCUT2D eigenvalue weighted by Crippen LogP contribution is 2.23. The largest absolute Gasteiger partial charge is 0.355 e. The summed E-state index contributed by atoms with van der Waals surface area (Å²) in [6, 6.07) is 9.05. The van der Waals surface area contributed by atoms with Gasteiger partial charge in [-0.25, -0.2) is 8.42 Å². The Kier molecular flexibility index (Phi) is 8.93. The molecule has 1 heterocycles. The van der Waals surface area contributed by atoms with E-state index in [4.69, 9.17) is 0 Å². The Morgan fingerprint density at radius 3 is 2.29 bits per heavy atom. The van der Waals surface area contributed by atoms with Crippen LogP contribution in [-0.4, -0.2) is 43.5 Å². The number of rotatable bonds is 6. The predicted molar refractivity (Wildman–Crippen MR) is 124 cm³/mol. The van der Waals surface area contributed by atoms with Crippen molar-refractivity contribution in [2.75, 3.05) is 19.3 Å². The molecule has 0 bridgehead atoms. The maximum atomic E-state index is 12.5. The molecule has 0 aliphatic heterocycles. The van der Waals surface area contributed by atoms with Gasteiger partial charge in [0, 0.05) is 26.8 Å². The summed E-state index contributed by atoms with van der Waals surface area (Å²) in [7, 11) is 0.166. The molecule has 2 rings (SSSR count). The Balaban J connectivity index is 0.00000392. The van der Waals surface area contributed by atoms with Gasteiger partial charge in [0.2, 0.25) is 0 Å². The van der Waals surface area contributed by atoms with Gasteiger partial charge in [0.15, 0.2) is 15.8 Å². The van der Waals surface area contributed by atoms with Gasteiger partial charge in [0.25, 0.3) is 0 Å². The van der Waals surface area contributed by atoms with Crippen molar-refractivity contribution in [2.24, 2.45) is 12.0 Å². The molecule has 0 saturated carbocycles. The third-order valence-electron chi connectivity index (χ3n) is 4.33. The van der Waals surface area contributed by atoms with Crippen LogP contribution in [0.5, 0.6) is 0 Å². The van der Waals surface area contributed by atoms with Crippen molar-refractivity contribution >= 4 is 39.8 Å². The molecule has 0 fully saturated rings. The first kappa shape index (κ1) is 24.4. The van der Waals surface area contributed by atoms with Crippen molar-refractivity contribution in [3.8, 4) is 0 Å². The molecule has 0 amide bonds. The molecular weight excluding hydrogens is 489 g/mol. The number of sulfone groups is 1. The van der Waals surface area contributed by atoms with Crippen molar-refractivity contribution in [1.29, 1.82) is 0 Å². The van der Waals surface area contributed by atoms with E-state index in [1.54, 1.807) is 30.1 Å². The molecule has 0 spiro atoms. The molecule has 1 aromatic heterocycles. The van der Waals surface area contributed by atoms with Gasteiger partial charge in [-0.05, 0) is 29.2 Å². The second kappa shape index (κ2) is 10.2. The molecule has 0 unspecified atom stereocenters. The van der Waals surface area contributed by atoms with Gasteiger partial charge in [-0.2, -0.15) is 5.10 Å². The molecule has 1 aromatic carbocycles. The minimum Gasteiger partial charge on any atom is -0.355 e. The van der Waals surface area contributed by atoms with Crippen molar-refractivity contribution < 1.29 is 8.42 Å². The Morgan fingerprint density at radius 1 is 1.14 bits per heavy atom. The summed E-state index contributed by atoms with van der Waals surface area (Å²) in [6.07, 6.45) is 1.73. The molecule has 0 aliphatic rings. The van der Waals surface area contributed by atoms with E-state index in [2.05, 4.69) is 41.5 Å². The summed E-state index contributed by atoms with van der Waals surface area (Å²) in [5.74, 6) is 0.545. The number of hydrogen-bond acceptors (Lipinski definition) is 4. The summed E-state index contributed by atoms with van der Waals surface area (Å²) in [5.41, 5.74) is 2.11. The number of halogens is 1. The van der Waals surface area contributed by atoms with E-state index in [0.717, 1.165) is 11.3 Å². The van der Waals surface area contributed by atoms with Gasteiger partial charge < -0.3 is 10.6 Å². The summed E-state index contributed by atoms with van der Waals surface area (Å²) < 4.78 is 26.9.